The van der Waals surface area contributed by atoms with E-state index in [4.69, 9.17) is 0 Å². The van der Waals surface area contributed by atoms with E-state index in [0.717, 1.165) is 5.39 Å². The van der Waals surface area contributed by atoms with Crippen LogP contribution in [0, 0.1) is 11.3 Å². The Labute approximate surface area is 192 Å². The fourth-order valence-corrected chi connectivity index (χ4v) is 3.53. The summed E-state index contributed by atoms with van der Waals surface area (Å²) in [4.78, 5) is 35.2. The topological polar surface area (TPSA) is 179 Å². The van der Waals surface area contributed by atoms with Crippen LogP contribution in [0.3, 0.4) is 0 Å². The Morgan fingerprint density at radius 3 is 2.76 bits per heavy atom. The number of tetrazole rings is 1. The van der Waals surface area contributed by atoms with E-state index in [1.54, 1.807) is 54.1 Å². The van der Waals surface area contributed by atoms with Crippen molar-refractivity contribution in [3.63, 3.8) is 0 Å². The maximum absolute atomic E-state index is 13.1. The Balaban J connectivity index is 1.64. The second-order valence-corrected chi connectivity index (χ2v) is 7.38. The highest BCUT2D eigenvalue weighted by molar-refractivity contribution is 6.08. The third-order valence-corrected chi connectivity index (χ3v) is 5.25. The molecule has 1 atom stereocenters. The number of aryl methyl sites for hydroxylation is 1. The van der Waals surface area contributed by atoms with Crippen molar-refractivity contribution in [1.29, 1.82) is 5.26 Å². The number of aldehydes is 1. The predicted octanol–water partition coefficient (Wildman–Crippen LogP) is 1.94. The van der Waals surface area contributed by atoms with Gasteiger partial charge in [0.1, 0.15) is 18.0 Å². The Morgan fingerprint density at radius 2 is 2.09 bits per heavy atom. The minimum absolute atomic E-state index is 0.179. The summed E-state index contributed by atoms with van der Waals surface area (Å²) in [7, 11) is 1.71. The van der Waals surface area contributed by atoms with Crippen molar-refractivity contribution < 1.29 is 19.5 Å². The number of hydrogen-bond donors (Lipinski definition) is 4. The van der Waals surface area contributed by atoms with E-state index in [9.17, 15) is 24.8 Å². The maximum Gasteiger partial charge on any atom is 0.326 e. The Kier molecular flexibility index (Phi) is 6.00. The smallest absolute Gasteiger partial charge is 0.326 e. The van der Waals surface area contributed by atoms with Crippen molar-refractivity contribution in [1.82, 2.24) is 25.2 Å². The number of aromatic amines is 1. The quantitative estimate of drug-likeness (QED) is 0.287. The van der Waals surface area contributed by atoms with Crippen LogP contribution in [0.5, 0.6) is 0 Å². The molecule has 1 unspecified atom stereocenters. The lowest BCUT2D eigenvalue weighted by Gasteiger charge is -2.13. The van der Waals surface area contributed by atoms with E-state index in [-0.39, 0.29) is 6.42 Å². The van der Waals surface area contributed by atoms with Crippen LogP contribution in [-0.2, 0) is 16.6 Å². The standard InChI is InChI=1S/C22H18N8O4/c1-30-18-10-14(24-17(6-7-31)22(33)34)4-3-13(18)9-19(30)21(32)25-16-5-2-12(11-23)8-15(16)20-26-28-29-27-20/h2-5,7-10,17,24H,6H2,1H3,(H,25,32)(H,33,34)(H,26,27,28,29). The summed E-state index contributed by atoms with van der Waals surface area (Å²) in [6.07, 6.45) is 0.364. The first-order valence-corrected chi connectivity index (χ1v) is 10.0. The molecule has 4 rings (SSSR count). The molecule has 0 fully saturated rings. The largest absolute Gasteiger partial charge is 0.480 e. The molecule has 2 aromatic carbocycles. The SMILES string of the molecule is Cn1c(C(=O)Nc2ccc(C#N)cc2-c2nnn[nH]2)cc2ccc(NC(CC=O)C(=O)O)cc21. The van der Waals surface area contributed by atoms with Gasteiger partial charge in [0.25, 0.3) is 5.91 Å². The highest BCUT2D eigenvalue weighted by Gasteiger charge is 2.19. The lowest BCUT2D eigenvalue weighted by atomic mass is 10.1. The molecule has 1 amide bonds. The number of rotatable bonds is 8. The lowest BCUT2D eigenvalue weighted by Crippen LogP contribution is -2.29. The fraction of sp³-hybridized carbons (Fsp3) is 0.136. The van der Waals surface area contributed by atoms with E-state index < -0.39 is 17.9 Å². The third-order valence-electron chi connectivity index (χ3n) is 5.25. The number of hydrogen-bond acceptors (Lipinski definition) is 8. The van der Waals surface area contributed by atoms with Gasteiger partial charge in [0.05, 0.1) is 22.8 Å². The molecule has 0 spiro atoms. The van der Waals surface area contributed by atoms with Crippen molar-refractivity contribution >= 4 is 40.4 Å². The molecule has 34 heavy (non-hydrogen) atoms. The first-order chi connectivity index (χ1) is 16.4. The van der Waals surface area contributed by atoms with Crippen LogP contribution < -0.4 is 10.6 Å². The van der Waals surface area contributed by atoms with Gasteiger partial charge in [-0.3, -0.25) is 4.79 Å². The molecule has 4 N–H and O–H groups in total. The molecule has 0 aliphatic heterocycles. The zero-order valence-electron chi connectivity index (χ0n) is 17.8. The minimum Gasteiger partial charge on any atom is -0.480 e. The second kappa shape index (κ2) is 9.21. The Hall–Kier alpha value is -5.05. The van der Waals surface area contributed by atoms with Crippen LogP contribution in [0.15, 0.2) is 42.5 Å². The monoisotopic (exact) mass is 458 g/mol. The molecule has 0 aliphatic rings. The van der Waals surface area contributed by atoms with Crippen LogP contribution in [0.4, 0.5) is 11.4 Å². The van der Waals surface area contributed by atoms with Gasteiger partial charge < -0.3 is 25.1 Å². The van der Waals surface area contributed by atoms with Crippen LogP contribution in [0.1, 0.15) is 22.5 Å². The van der Waals surface area contributed by atoms with Gasteiger partial charge in [0.2, 0.25) is 0 Å². The van der Waals surface area contributed by atoms with Gasteiger partial charge in [-0.05, 0) is 46.8 Å². The van der Waals surface area contributed by atoms with Gasteiger partial charge in [-0.25, -0.2) is 9.89 Å². The van der Waals surface area contributed by atoms with Crippen LogP contribution in [0.25, 0.3) is 22.3 Å². The molecule has 2 heterocycles. The molecule has 2 aromatic heterocycles. The van der Waals surface area contributed by atoms with Crippen LogP contribution in [0.2, 0.25) is 0 Å². The van der Waals surface area contributed by atoms with Crippen molar-refractivity contribution in [2.24, 2.45) is 7.05 Å². The molecular weight excluding hydrogens is 440 g/mol. The zero-order chi connectivity index (χ0) is 24.2. The number of aliphatic carboxylic acids is 1. The number of nitriles is 1. The molecule has 0 radical (unpaired) electrons. The summed E-state index contributed by atoms with van der Waals surface area (Å²) in [5.74, 6) is -1.25. The number of carbonyl (C=O) groups excluding carboxylic acids is 2. The molecule has 0 saturated heterocycles. The fourth-order valence-electron chi connectivity index (χ4n) is 3.53. The van der Waals surface area contributed by atoms with Gasteiger partial charge in [-0.2, -0.15) is 5.26 Å². The number of carboxylic acid groups (broad SMARTS) is 1. The van der Waals surface area contributed by atoms with Crippen LogP contribution in [-0.4, -0.2) is 54.5 Å². The molecule has 0 saturated carbocycles. The number of amides is 1. The minimum atomic E-state index is -1.14. The first-order valence-electron chi connectivity index (χ1n) is 10.0. The predicted molar refractivity (Wildman–Crippen MR) is 121 cm³/mol. The summed E-state index contributed by atoms with van der Waals surface area (Å²) in [5.41, 5.74) is 2.78. The average Bonchev–Trinajstić information content (AvgIpc) is 3.47. The summed E-state index contributed by atoms with van der Waals surface area (Å²) in [5, 5.41) is 38.5. The molecule has 4 aromatic rings. The second-order valence-electron chi connectivity index (χ2n) is 7.38. The van der Waals surface area contributed by atoms with E-state index >= 15 is 0 Å². The van der Waals surface area contributed by atoms with Gasteiger partial charge >= 0.3 is 5.97 Å². The Bertz CT molecular complexity index is 1440. The van der Waals surface area contributed by atoms with Gasteiger partial charge in [0.15, 0.2) is 5.82 Å². The van der Waals surface area contributed by atoms with E-state index in [2.05, 4.69) is 31.3 Å². The van der Waals surface area contributed by atoms with Gasteiger partial charge in [-0.15, -0.1) is 5.10 Å². The number of carboxylic acids is 1. The summed E-state index contributed by atoms with van der Waals surface area (Å²) in [6.45, 7) is 0. The average molecular weight is 458 g/mol. The highest BCUT2D eigenvalue weighted by Crippen LogP contribution is 2.28. The van der Waals surface area contributed by atoms with Crippen molar-refractivity contribution in [2.75, 3.05) is 10.6 Å². The zero-order valence-corrected chi connectivity index (χ0v) is 17.8. The molecule has 12 nitrogen and oxygen atoms in total. The molecule has 0 bridgehead atoms. The molecule has 170 valence electrons. The van der Waals surface area contributed by atoms with E-state index in [0.29, 0.717) is 45.8 Å². The number of nitrogens with zero attached hydrogens (tertiary/aromatic N) is 5. The third kappa shape index (κ3) is 4.30. The Morgan fingerprint density at radius 1 is 1.26 bits per heavy atom. The van der Waals surface area contributed by atoms with Gasteiger partial charge in [-0.1, -0.05) is 6.07 Å². The molecule has 12 heteroatoms. The first kappa shape index (κ1) is 22.2. The summed E-state index contributed by atoms with van der Waals surface area (Å²) >= 11 is 0. The summed E-state index contributed by atoms with van der Waals surface area (Å²) in [6, 6.07) is 12.6. The number of nitrogens with one attached hydrogen (secondary N) is 3. The van der Waals surface area contributed by atoms with Crippen molar-refractivity contribution in [2.45, 2.75) is 12.5 Å². The molecule has 0 aliphatic carbocycles. The number of anilines is 2. The summed E-state index contributed by atoms with van der Waals surface area (Å²) < 4.78 is 1.67. The number of carbonyl (C=O) groups is 3. The number of benzene rings is 2. The van der Waals surface area contributed by atoms with Gasteiger partial charge in [0, 0.05) is 30.1 Å². The lowest BCUT2D eigenvalue weighted by molar-refractivity contribution is -0.138. The number of aromatic nitrogens is 5. The van der Waals surface area contributed by atoms with E-state index in [1.165, 1.54) is 0 Å². The molecular formula is C22H18N8O4. The van der Waals surface area contributed by atoms with Crippen molar-refractivity contribution in [3.8, 4) is 17.5 Å². The van der Waals surface area contributed by atoms with E-state index in [1.807, 2.05) is 6.07 Å². The number of fused-ring (bicyclic) bond motifs is 1. The van der Waals surface area contributed by atoms with Crippen molar-refractivity contribution in [3.05, 3.63) is 53.7 Å². The maximum atomic E-state index is 13.1. The normalized spacial score (nSPS) is 11.5. The number of H-pyrrole nitrogens is 1. The van der Waals surface area contributed by atoms with Crippen LogP contribution >= 0.6 is 0 Å². The highest BCUT2D eigenvalue weighted by atomic mass is 16.4.